The number of quaternary nitrogens is 1. The van der Waals surface area contributed by atoms with E-state index in [0.29, 0.717) is 6.42 Å². The van der Waals surface area contributed by atoms with Crippen molar-refractivity contribution < 1.29 is 9.44 Å². The molecule has 0 aromatic heterocycles. The van der Waals surface area contributed by atoms with Crippen molar-refractivity contribution in [2.24, 2.45) is 0 Å². The Labute approximate surface area is 118 Å². The molecule has 4 heteroatoms. The fourth-order valence-corrected chi connectivity index (χ4v) is 1.96. The third kappa shape index (κ3) is 15.3. The van der Waals surface area contributed by atoms with E-state index in [4.69, 9.17) is 0 Å². The number of hydroxylamine groups is 3. The molecule has 0 aromatic rings. The summed E-state index contributed by atoms with van der Waals surface area (Å²) in [5, 5.41) is 13.9. The van der Waals surface area contributed by atoms with Crippen molar-refractivity contribution in [3.63, 3.8) is 0 Å². The fraction of sp³-hybridized carbons (Fsp3) is 0.933. The van der Waals surface area contributed by atoms with Crippen molar-refractivity contribution in [1.29, 1.82) is 0 Å². The summed E-state index contributed by atoms with van der Waals surface area (Å²) in [7, 11) is 3.05. The van der Waals surface area contributed by atoms with Gasteiger partial charge in [0.2, 0.25) is 5.91 Å². The second-order valence-electron chi connectivity index (χ2n) is 5.91. The van der Waals surface area contributed by atoms with Gasteiger partial charge in [-0.2, -0.15) is 0 Å². The molecule has 4 nitrogen and oxygen atoms in total. The first kappa shape index (κ1) is 18.4. The molecule has 0 aliphatic heterocycles. The Kier molecular flexibility index (Phi) is 10.9. The summed E-state index contributed by atoms with van der Waals surface area (Å²) in [5.41, 5.74) is 0. The molecule has 0 aliphatic carbocycles. The standard InChI is InChI=1S/C15H32N2O2/c1-4-5-6-7-8-9-10-11-12-13-15(18)16-14-17(2,3)19/h4-14H2,1-3H3,(H,16,18). The highest BCUT2D eigenvalue weighted by Crippen LogP contribution is 2.10. The number of hydrogen-bond donors (Lipinski definition) is 1. The number of unbranched alkanes of at least 4 members (excludes halogenated alkanes) is 8. The van der Waals surface area contributed by atoms with Gasteiger partial charge in [-0.15, -0.1) is 0 Å². The first-order valence-electron chi connectivity index (χ1n) is 7.76. The summed E-state index contributed by atoms with van der Waals surface area (Å²) in [6.45, 7) is 2.40. The van der Waals surface area contributed by atoms with Gasteiger partial charge in [0.25, 0.3) is 0 Å². The largest absolute Gasteiger partial charge is 0.632 e. The van der Waals surface area contributed by atoms with Crippen LogP contribution in [-0.2, 0) is 4.79 Å². The quantitative estimate of drug-likeness (QED) is 0.256. The number of carbonyl (C=O) groups is 1. The van der Waals surface area contributed by atoms with Crippen LogP contribution >= 0.6 is 0 Å². The summed E-state index contributed by atoms with van der Waals surface area (Å²) in [5.74, 6) is 0.00463. The van der Waals surface area contributed by atoms with Gasteiger partial charge < -0.3 is 15.2 Å². The van der Waals surface area contributed by atoms with Crippen molar-refractivity contribution in [2.45, 2.75) is 71.1 Å². The van der Waals surface area contributed by atoms with Crippen molar-refractivity contribution >= 4 is 5.91 Å². The lowest BCUT2D eigenvalue weighted by Crippen LogP contribution is -2.43. The Morgan fingerprint density at radius 3 is 1.89 bits per heavy atom. The molecule has 0 bridgehead atoms. The monoisotopic (exact) mass is 272 g/mol. The molecule has 0 fully saturated rings. The van der Waals surface area contributed by atoms with E-state index in [1.807, 2.05) is 0 Å². The summed E-state index contributed by atoms with van der Waals surface area (Å²) in [4.78, 5) is 11.4. The van der Waals surface area contributed by atoms with E-state index in [9.17, 15) is 10.0 Å². The van der Waals surface area contributed by atoms with E-state index in [1.54, 1.807) is 0 Å². The van der Waals surface area contributed by atoms with Crippen LogP contribution in [0.1, 0.15) is 71.1 Å². The smallest absolute Gasteiger partial charge is 0.224 e. The first-order chi connectivity index (χ1) is 8.95. The fourth-order valence-electron chi connectivity index (χ4n) is 1.96. The third-order valence-corrected chi connectivity index (χ3v) is 3.16. The molecule has 0 unspecified atom stereocenters. The Bertz CT molecular complexity index is 225. The lowest BCUT2D eigenvalue weighted by atomic mass is 10.1. The van der Waals surface area contributed by atoms with Gasteiger partial charge in [0, 0.05) is 6.42 Å². The normalized spacial score (nSPS) is 11.6. The maximum atomic E-state index is 11.4. The molecule has 0 rings (SSSR count). The molecule has 1 amide bonds. The highest BCUT2D eigenvalue weighted by molar-refractivity contribution is 5.75. The number of rotatable bonds is 12. The summed E-state index contributed by atoms with van der Waals surface area (Å²) in [6.07, 6.45) is 11.8. The van der Waals surface area contributed by atoms with Crippen molar-refractivity contribution in [1.82, 2.24) is 5.32 Å². The van der Waals surface area contributed by atoms with Gasteiger partial charge in [-0.3, -0.25) is 4.79 Å². The van der Waals surface area contributed by atoms with Crippen LogP contribution in [0, 0.1) is 5.21 Å². The molecular weight excluding hydrogens is 240 g/mol. The van der Waals surface area contributed by atoms with Crippen LogP contribution in [-0.4, -0.2) is 31.3 Å². The minimum absolute atomic E-state index is 0.00463. The SMILES string of the molecule is CCCCCCCCCCCC(=O)NC[N+](C)(C)[O-]. The van der Waals surface area contributed by atoms with Crippen LogP contribution in [0.25, 0.3) is 0 Å². The summed E-state index contributed by atoms with van der Waals surface area (Å²) >= 11 is 0. The molecular formula is C15H32N2O2. The average Bonchev–Trinajstić information content (AvgIpc) is 2.33. The van der Waals surface area contributed by atoms with Gasteiger partial charge in [-0.05, 0) is 6.42 Å². The zero-order chi connectivity index (χ0) is 14.6. The molecule has 0 atom stereocenters. The minimum Gasteiger partial charge on any atom is -0.632 e. The van der Waals surface area contributed by atoms with E-state index in [0.717, 1.165) is 12.8 Å². The Morgan fingerprint density at radius 2 is 1.42 bits per heavy atom. The number of nitrogens with zero attached hydrogens (tertiary/aromatic N) is 1. The average molecular weight is 272 g/mol. The van der Waals surface area contributed by atoms with Gasteiger partial charge in [0.15, 0.2) is 6.67 Å². The van der Waals surface area contributed by atoms with Crippen LogP contribution in [0.2, 0.25) is 0 Å². The maximum absolute atomic E-state index is 11.4. The van der Waals surface area contributed by atoms with Crippen LogP contribution in [0.3, 0.4) is 0 Å². The number of amides is 1. The molecule has 0 radical (unpaired) electrons. The second-order valence-corrected chi connectivity index (χ2v) is 5.91. The number of nitrogens with one attached hydrogen (secondary N) is 1. The van der Waals surface area contributed by atoms with Gasteiger partial charge in [0.1, 0.15) is 0 Å². The molecule has 19 heavy (non-hydrogen) atoms. The first-order valence-corrected chi connectivity index (χ1v) is 7.76. The molecule has 0 aromatic carbocycles. The Morgan fingerprint density at radius 1 is 0.947 bits per heavy atom. The lowest BCUT2D eigenvalue weighted by Gasteiger charge is -2.33. The van der Waals surface area contributed by atoms with Gasteiger partial charge in [-0.1, -0.05) is 58.3 Å². The zero-order valence-electron chi connectivity index (χ0n) is 13.0. The van der Waals surface area contributed by atoms with Crippen LogP contribution in [0.4, 0.5) is 0 Å². The lowest BCUT2D eigenvalue weighted by molar-refractivity contribution is -0.841. The Hall–Kier alpha value is -0.610. The molecule has 0 heterocycles. The maximum Gasteiger partial charge on any atom is 0.224 e. The molecule has 0 spiro atoms. The minimum atomic E-state index is -0.469. The van der Waals surface area contributed by atoms with E-state index in [2.05, 4.69) is 12.2 Å². The molecule has 0 aliphatic rings. The highest BCUT2D eigenvalue weighted by Gasteiger charge is 2.05. The second kappa shape index (κ2) is 11.2. The number of hydrogen-bond acceptors (Lipinski definition) is 2. The van der Waals surface area contributed by atoms with Gasteiger partial charge >= 0.3 is 0 Å². The number of carbonyl (C=O) groups excluding carboxylic acids is 1. The van der Waals surface area contributed by atoms with Gasteiger partial charge in [0.05, 0.1) is 14.1 Å². The van der Waals surface area contributed by atoms with Crippen molar-refractivity contribution in [3.05, 3.63) is 5.21 Å². The Balaban J connectivity index is 3.23. The molecule has 0 saturated heterocycles. The van der Waals surface area contributed by atoms with E-state index in [1.165, 1.54) is 59.0 Å². The summed E-state index contributed by atoms with van der Waals surface area (Å²) < 4.78 is -0.469. The van der Waals surface area contributed by atoms with Crippen molar-refractivity contribution in [2.75, 3.05) is 20.8 Å². The van der Waals surface area contributed by atoms with Crippen LogP contribution in [0.5, 0.6) is 0 Å². The van der Waals surface area contributed by atoms with Crippen LogP contribution in [0.15, 0.2) is 0 Å². The van der Waals surface area contributed by atoms with E-state index in [-0.39, 0.29) is 12.6 Å². The van der Waals surface area contributed by atoms with Crippen molar-refractivity contribution in [3.8, 4) is 0 Å². The highest BCUT2D eigenvalue weighted by atomic mass is 16.5. The molecule has 0 saturated carbocycles. The van der Waals surface area contributed by atoms with Gasteiger partial charge in [-0.25, -0.2) is 0 Å². The van der Waals surface area contributed by atoms with E-state index < -0.39 is 4.65 Å². The molecule has 114 valence electrons. The molecule has 1 N–H and O–H groups in total. The predicted octanol–water partition coefficient (Wildman–Crippen LogP) is 3.56. The third-order valence-electron chi connectivity index (χ3n) is 3.16. The zero-order valence-corrected chi connectivity index (χ0v) is 13.0. The predicted molar refractivity (Wildman–Crippen MR) is 80.3 cm³/mol. The summed E-state index contributed by atoms with van der Waals surface area (Å²) in [6, 6.07) is 0. The topological polar surface area (TPSA) is 52.2 Å². The van der Waals surface area contributed by atoms with Crippen LogP contribution < -0.4 is 5.32 Å². The van der Waals surface area contributed by atoms with E-state index >= 15 is 0 Å².